The number of fused-ring (bicyclic) bond motifs is 1. The van der Waals surface area contributed by atoms with Crippen molar-refractivity contribution in [3.63, 3.8) is 0 Å². The zero-order valence-corrected chi connectivity index (χ0v) is 13.0. The van der Waals surface area contributed by atoms with Crippen LogP contribution >= 0.6 is 11.6 Å². The molecule has 1 heterocycles. The molecule has 3 rings (SSSR count). The molecule has 116 valence electrons. The molecule has 0 atom stereocenters. The second kappa shape index (κ2) is 6.22. The number of aryl methyl sites for hydroxylation is 1. The number of amides is 1. The highest BCUT2D eigenvalue weighted by molar-refractivity contribution is 6.32. The number of allylic oxidation sites excluding steroid dienone is 1. The van der Waals surface area contributed by atoms with Crippen molar-refractivity contribution < 1.29 is 4.79 Å². The monoisotopic (exact) mass is 326 g/mol. The molecule has 23 heavy (non-hydrogen) atoms. The highest BCUT2D eigenvalue weighted by Crippen LogP contribution is 2.35. The van der Waals surface area contributed by atoms with Crippen molar-refractivity contribution in [3.8, 4) is 0 Å². The summed E-state index contributed by atoms with van der Waals surface area (Å²) in [6.07, 6.45) is 7.27. The lowest BCUT2D eigenvalue weighted by Crippen LogP contribution is -2.24. The van der Waals surface area contributed by atoms with Crippen LogP contribution in [0.4, 0.5) is 0 Å². The zero-order chi connectivity index (χ0) is 16.4. The van der Waals surface area contributed by atoms with Crippen molar-refractivity contribution in [2.24, 2.45) is 16.5 Å². The molecule has 1 aliphatic rings. The standard InChI is InChI=1S/C17H15ClN4O/c18-15-9-21-7-6-13(15)12-3-1-2-10-4-5-11(8-14(10)12)16(23)22-17(19)20/h3-9H,1-2H2,(H4,19,20,22,23). The normalized spacial score (nSPS) is 13.0. The summed E-state index contributed by atoms with van der Waals surface area (Å²) in [5.74, 6) is -0.709. The number of guanidine groups is 1. The maximum absolute atomic E-state index is 12.0. The summed E-state index contributed by atoms with van der Waals surface area (Å²) < 4.78 is 0. The van der Waals surface area contributed by atoms with E-state index in [0.29, 0.717) is 10.6 Å². The quantitative estimate of drug-likeness (QED) is 0.655. The number of nitrogens with two attached hydrogens (primary N) is 2. The number of hydrogen-bond acceptors (Lipinski definition) is 2. The molecule has 0 saturated carbocycles. The number of carbonyl (C=O) groups is 1. The third kappa shape index (κ3) is 3.10. The minimum atomic E-state index is -0.460. The average Bonchev–Trinajstić information content (AvgIpc) is 2.54. The Balaban J connectivity index is 2.09. The summed E-state index contributed by atoms with van der Waals surface area (Å²) in [6, 6.07) is 7.36. The maximum atomic E-state index is 12.0. The topological polar surface area (TPSA) is 94.4 Å². The molecule has 1 aliphatic carbocycles. The number of hydrogen-bond donors (Lipinski definition) is 2. The summed E-state index contributed by atoms with van der Waals surface area (Å²) in [4.78, 5) is 19.7. The van der Waals surface area contributed by atoms with E-state index >= 15 is 0 Å². The van der Waals surface area contributed by atoms with E-state index in [-0.39, 0.29) is 5.96 Å². The first-order valence-corrected chi connectivity index (χ1v) is 7.51. The number of nitrogens with zero attached hydrogens (tertiary/aromatic N) is 2. The molecule has 0 unspecified atom stereocenters. The Morgan fingerprint density at radius 2 is 2.04 bits per heavy atom. The van der Waals surface area contributed by atoms with Gasteiger partial charge in [-0.25, -0.2) is 0 Å². The molecule has 0 fully saturated rings. The van der Waals surface area contributed by atoms with Crippen LogP contribution in [-0.2, 0) is 6.42 Å². The fourth-order valence-corrected chi connectivity index (χ4v) is 2.91. The van der Waals surface area contributed by atoms with E-state index in [4.69, 9.17) is 23.1 Å². The summed E-state index contributed by atoms with van der Waals surface area (Å²) in [6.45, 7) is 0. The molecule has 1 amide bonds. The van der Waals surface area contributed by atoms with Crippen LogP contribution in [0.15, 0.2) is 47.7 Å². The van der Waals surface area contributed by atoms with Crippen molar-refractivity contribution in [2.75, 3.05) is 0 Å². The lowest BCUT2D eigenvalue weighted by Gasteiger charge is -2.19. The SMILES string of the molecule is NC(N)=NC(=O)c1ccc2c(c1)C(c1ccncc1Cl)=CCC2. The highest BCUT2D eigenvalue weighted by Gasteiger charge is 2.18. The molecule has 1 aromatic carbocycles. The minimum Gasteiger partial charge on any atom is -0.370 e. The number of aromatic nitrogens is 1. The lowest BCUT2D eigenvalue weighted by molar-refractivity contribution is 0.100. The van der Waals surface area contributed by atoms with Gasteiger partial charge in [0.15, 0.2) is 5.96 Å². The first kappa shape index (κ1) is 15.2. The van der Waals surface area contributed by atoms with Gasteiger partial charge < -0.3 is 11.5 Å². The van der Waals surface area contributed by atoms with E-state index < -0.39 is 5.91 Å². The Kier molecular flexibility index (Phi) is 4.12. The van der Waals surface area contributed by atoms with Crippen molar-refractivity contribution >= 4 is 29.0 Å². The Bertz CT molecular complexity index is 838. The Labute approximate surface area is 138 Å². The van der Waals surface area contributed by atoms with E-state index in [1.807, 2.05) is 18.2 Å². The van der Waals surface area contributed by atoms with Crippen molar-refractivity contribution in [1.82, 2.24) is 4.98 Å². The Morgan fingerprint density at radius 3 is 2.78 bits per heavy atom. The summed E-state index contributed by atoms with van der Waals surface area (Å²) >= 11 is 6.27. The van der Waals surface area contributed by atoms with E-state index in [1.165, 1.54) is 0 Å². The van der Waals surface area contributed by atoms with Crippen LogP contribution in [0.25, 0.3) is 5.57 Å². The number of aliphatic imine (C=N–C) groups is 1. The largest absolute Gasteiger partial charge is 0.370 e. The van der Waals surface area contributed by atoms with E-state index in [9.17, 15) is 4.79 Å². The van der Waals surface area contributed by atoms with Gasteiger partial charge in [0.2, 0.25) is 0 Å². The first-order chi connectivity index (χ1) is 11.1. The van der Waals surface area contributed by atoms with Crippen LogP contribution in [0.5, 0.6) is 0 Å². The van der Waals surface area contributed by atoms with E-state index in [2.05, 4.69) is 16.1 Å². The van der Waals surface area contributed by atoms with Gasteiger partial charge in [-0.05, 0) is 47.7 Å². The van der Waals surface area contributed by atoms with Crippen LogP contribution in [0.3, 0.4) is 0 Å². The van der Waals surface area contributed by atoms with Gasteiger partial charge in [-0.3, -0.25) is 9.78 Å². The van der Waals surface area contributed by atoms with Gasteiger partial charge in [-0.2, -0.15) is 4.99 Å². The molecule has 4 N–H and O–H groups in total. The molecule has 2 aromatic rings. The van der Waals surface area contributed by atoms with Crippen LogP contribution in [0.2, 0.25) is 5.02 Å². The van der Waals surface area contributed by atoms with Gasteiger partial charge in [0, 0.05) is 23.5 Å². The second-order valence-electron chi connectivity index (χ2n) is 5.23. The molecule has 5 nitrogen and oxygen atoms in total. The van der Waals surface area contributed by atoms with Crippen molar-refractivity contribution in [2.45, 2.75) is 12.8 Å². The number of pyridine rings is 1. The summed E-state index contributed by atoms with van der Waals surface area (Å²) in [5, 5.41) is 0.576. The molecule has 1 aromatic heterocycles. The van der Waals surface area contributed by atoms with Gasteiger partial charge in [-0.1, -0.05) is 23.7 Å². The number of benzene rings is 1. The predicted molar refractivity (Wildman–Crippen MR) is 91.2 cm³/mol. The van der Waals surface area contributed by atoms with E-state index in [1.54, 1.807) is 18.5 Å². The molecule has 6 heteroatoms. The summed E-state index contributed by atoms with van der Waals surface area (Å²) in [7, 11) is 0. The fraction of sp³-hybridized carbons (Fsp3) is 0.118. The summed E-state index contributed by atoms with van der Waals surface area (Å²) in [5.41, 5.74) is 15.0. The second-order valence-corrected chi connectivity index (χ2v) is 5.63. The molecular weight excluding hydrogens is 312 g/mol. The van der Waals surface area contributed by atoms with Crippen LogP contribution in [-0.4, -0.2) is 16.9 Å². The van der Waals surface area contributed by atoms with Crippen molar-refractivity contribution in [1.29, 1.82) is 0 Å². The van der Waals surface area contributed by atoms with Crippen LogP contribution in [0, 0.1) is 0 Å². The zero-order valence-electron chi connectivity index (χ0n) is 12.3. The van der Waals surface area contributed by atoms with Crippen LogP contribution < -0.4 is 11.5 Å². The Morgan fingerprint density at radius 1 is 1.22 bits per heavy atom. The third-order valence-electron chi connectivity index (χ3n) is 3.70. The third-order valence-corrected chi connectivity index (χ3v) is 4.00. The van der Waals surface area contributed by atoms with Crippen molar-refractivity contribution in [3.05, 3.63) is 70.0 Å². The van der Waals surface area contributed by atoms with Crippen LogP contribution in [0.1, 0.15) is 33.5 Å². The molecule has 0 radical (unpaired) electrons. The smallest absolute Gasteiger partial charge is 0.280 e. The molecule has 0 aliphatic heterocycles. The number of carbonyl (C=O) groups excluding carboxylic acids is 1. The predicted octanol–water partition coefficient (Wildman–Crippen LogP) is 2.53. The highest BCUT2D eigenvalue weighted by atomic mass is 35.5. The number of rotatable bonds is 2. The molecule has 0 saturated heterocycles. The van der Waals surface area contributed by atoms with Gasteiger partial charge in [0.1, 0.15) is 0 Å². The number of halogens is 1. The van der Waals surface area contributed by atoms with Gasteiger partial charge in [0.25, 0.3) is 5.91 Å². The minimum absolute atomic E-state index is 0.249. The molecule has 0 bridgehead atoms. The fourth-order valence-electron chi connectivity index (χ4n) is 2.69. The maximum Gasteiger partial charge on any atom is 0.280 e. The Hall–Kier alpha value is -2.66. The lowest BCUT2D eigenvalue weighted by atomic mass is 9.86. The first-order valence-electron chi connectivity index (χ1n) is 7.13. The molecular formula is C17H15ClN4O. The van der Waals surface area contributed by atoms with E-state index in [0.717, 1.165) is 35.1 Å². The van der Waals surface area contributed by atoms with Gasteiger partial charge in [0.05, 0.1) is 5.02 Å². The average molecular weight is 327 g/mol. The van der Waals surface area contributed by atoms with Gasteiger partial charge >= 0.3 is 0 Å². The molecule has 0 spiro atoms. The van der Waals surface area contributed by atoms with Gasteiger partial charge in [-0.15, -0.1) is 0 Å².